The first kappa shape index (κ1) is 23.1. The van der Waals surface area contributed by atoms with E-state index in [1.165, 1.54) is 38.9 Å². The van der Waals surface area contributed by atoms with Gasteiger partial charge in [-0.05, 0) is 81.4 Å². The van der Waals surface area contributed by atoms with Crippen LogP contribution in [0.5, 0.6) is 5.75 Å². The number of rotatable bonds is 10. The Hall–Kier alpha value is -3.65. The number of anilines is 5. The molecular weight excluding hydrogens is 443 g/mol. The highest BCUT2D eigenvalue weighted by Gasteiger charge is 2.39. The van der Waals surface area contributed by atoms with Crippen molar-refractivity contribution in [2.45, 2.75) is 19.3 Å². The maximum atomic E-state index is 14.4. The lowest BCUT2D eigenvalue weighted by molar-refractivity contribution is -0.00765. The normalized spacial score (nSPS) is 20.8. The number of hydrogen-bond donors (Lipinski definition) is 3. The van der Waals surface area contributed by atoms with Gasteiger partial charge in [-0.3, -0.25) is 0 Å². The van der Waals surface area contributed by atoms with Crippen molar-refractivity contribution < 1.29 is 9.13 Å². The summed E-state index contributed by atoms with van der Waals surface area (Å²) in [4.78, 5) is 10.9. The molecule has 6 rings (SSSR count). The number of halogens is 1. The molecule has 0 saturated carbocycles. The lowest BCUT2D eigenvalue weighted by Crippen LogP contribution is -2.50. The van der Waals surface area contributed by atoms with Gasteiger partial charge in [-0.25, -0.2) is 9.37 Å². The van der Waals surface area contributed by atoms with Gasteiger partial charge in [0.15, 0.2) is 11.6 Å². The summed E-state index contributed by atoms with van der Waals surface area (Å²) in [6.45, 7) is 8.69. The highest BCUT2D eigenvalue weighted by molar-refractivity contribution is 5.64. The first-order valence-corrected chi connectivity index (χ1v) is 12.1. The van der Waals surface area contributed by atoms with Gasteiger partial charge >= 0.3 is 0 Å². The molecule has 3 fully saturated rings. The number of nitrogens with one attached hydrogen (secondary N) is 3. The van der Waals surface area contributed by atoms with Crippen molar-refractivity contribution in [2.24, 2.45) is 5.41 Å². The molecular formula is C27H31FN6O. The second kappa shape index (κ2) is 10.3. The molecule has 7 nitrogen and oxygen atoms in total. The molecule has 2 bridgehead atoms. The van der Waals surface area contributed by atoms with Crippen LogP contribution in [-0.4, -0.2) is 47.7 Å². The fraction of sp³-hybridized carbons (Fsp3) is 0.333. The van der Waals surface area contributed by atoms with Crippen LogP contribution in [0.15, 0.2) is 67.4 Å². The average molecular weight is 475 g/mol. The van der Waals surface area contributed by atoms with E-state index in [9.17, 15) is 4.39 Å². The number of fused-ring (bicyclic) bond motifs is 3. The number of hydrogen-bond acceptors (Lipinski definition) is 7. The predicted octanol–water partition coefficient (Wildman–Crippen LogP) is 5.57. The van der Waals surface area contributed by atoms with Crippen molar-refractivity contribution in [1.82, 2.24) is 14.9 Å². The van der Waals surface area contributed by atoms with Crippen LogP contribution in [0.1, 0.15) is 19.3 Å². The molecule has 0 aliphatic carbocycles. The molecule has 0 radical (unpaired) electrons. The first-order valence-electron chi connectivity index (χ1n) is 12.1. The van der Waals surface area contributed by atoms with Crippen LogP contribution in [0.2, 0.25) is 0 Å². The van der Waals surface area contributed by atoms with E-state index in [0.717, 1.165) is 29.9 Å². The molecule has 3 aliphatic heterocycles. The number of benzene rings is 2. The molecule has 1 aromatic heterocycles. The van der Waals surface area contributed by atoms with Crippen LogP contribution in [0, 0.1) is 11.2 Å². The van der Waals surface area contributed by atoms with E-state index in [-0.39, 0.29) is 5.82 Å². The van der Waals surface area contributed by atoms with Crippen molar-refractivity contribution >= 4 is 28.8 Å². The minimum atomic E-state index is -0.531. The molecule has 3 aliphatic rings. The molecule has 3 saturated heterocycles. The van der Waals surface area contributed by atoms with Gasteiger partial charge in [0.2, 0.25) is 5.95 Å². The third kappa shape index (κ3) is 5.71. The van der Waals surface area contributed by atoms with Gasteiger partial charge in [0.05, 0.1) is 12.8 Å². The molecule has 2 aromatic carbocycles. The minimum absolute atomic E-state index is 0.0982. The van der Waals surface area contributed by atoms with E-state index in [2.05, 4.69) is 37.4 Å². The average Bonchev–Trinajstić information content (AvgIpc) is 2.90. The predicted molar refractivity (Wildman–Crippen MR) is 138 cm³/mol. The summed E-state index contributed by atoms with van der Waals surface area (Å²) in [6.07, 6.45) is 6.60. The molecule has 3 N–H and O–H groups in total. The molecule has 182 valence electrons. The number of aromatic nitrogens is 2. The summed E-state index contributed by atoms with van der Waals surface area (Å²) in [5.41, 5.74) is 2.75. The lowest BCUT2D eigenvalue weighted by atomic mass is 9.73. The fourth-order valence-electron chi connectivity index (χ4n) is 4.66. The quantitative estimate of drug-likeness (QED) is 0.332. The largest absolute Gasteiger partial charge is 0.493 e. The molecule has 35 heavy (non-hydrogen) atoms. The van der Waals surface area contributed by atoms with Gasteiger partial charge in [0, 0.05) is 29.0 Å². The van der Waals surface area contributed by atoms with E-state index in [4.69, 9.17) is 4.74 Å². The maximum Gasteiger partial charge on any atom is 0.229 e. The summed E-state index contributed by atoms with van der Waals surface area (Å²) >= 11 is 0. The number of ether oxygens (including phenoxy) is 1. The van der Waals surface area contributed by atoms with Crippen molar-refractivity contribution in [1.29, 1.82) is 0 Å². The summed E-state index contributed by atoms with van der Waals surface area (Å²) in [5.74, 6) is 0.722. The third-order valence-corrected chi connectivity index (χ3v) is 6.85. The van der Waals surface area contributed by atoms with E-state index < -0.39 is 5.82 Å². The molecule has 0 amide bonds. The standard InChI is InChI=1S/C27H31FN6O/c1-2-13-29-21-4-3-5-22(17-21)31-25-24(28)18-30-26(33-25)32-20-6-8-23(9-7-20)35-19-27-10-14-34(15-11-27)16-12-27/h2-9,17-18,29H,1,10-16,19H2,(H2,30,31,32,33). The summed E-state index contributed by atoms with van der Waals surface area (Å²) in [7, 11) is 0. The Kier molecular flexibility index (Phi) is 6.81. The molecule has 4 heterocycles. The number of nitrogens with zero attached hydrogens (tertiary/aromatic N) is 3. The van der Waals surface area contributed by atoms with Crippen molar-refractivity contribution in [2.75, 3.05) is 48.7 Å². The zero-order chi connectivity index (χ0) is 24.1. The highest BCUT2D eigenvalue weighted by Crippen LogP contribution is 2.40. The fourth-order valence-corrected chi connectivity index (χ4v) is 4.66. The monoisotopic (exact) mass is 474 g/mol. The summed E-state index contributed by atoms with van der Waals surface area (Å²) < 4.78 is 20.5. The van der Waals surface area contributed by atoms with Gasteiger partial charge in [0.25, 0.3) is 0 Å². The van der Waals surface area contributed by atoms with Crippen LogP contribution in [0.25, 0.3) is 0 Å². The van der Waals surface area contributed by atoms with Crippen LogP contribution in [0.3, 0.4) is 0 Å². The third-order valence-electron chi connectivity index (χ3n) is 6.85. The van der Waals surface area contributed by atoms with Crippen molar-refractivity contribution in [3.8, 4) is 5.75 Å². The van der Waals surface area contributed by atoms with Crippen LogP contribution >= 0.6 is 0 Å². The molecule has 3 aromatic rings. The van der Waals surface area contributed by atoms with Gasteiger partial charge in [-0.2, -0.15) is 4.98 Å². The van der Waals surface area contributed by atoms with Gasteiger partial charge in [-0.15, -0.1) is 6.58 Å². The Bertz CT molecular complexity index is 1150. The van der Waals surface area contributed by atoms with Crippen LogP contribution in [-0.2, 0) is 0 Å². The van der Waals surface area contributed by atoms with Crippen LogP contribution < -0.4 is 20.7 Å². The van der Waals surface area contributed by atoms with Gasteiger partial charge in [0.1, 0.15) is 5.75 Å². The Labute approximate surface area is 205 Å². The first-order chi connectivity index (χ1) is 17.1. The zero-order valence-corrected chi connectivity index (χ0v) is 19.8. The van der Waals surface area contributed by atoms with E-state index in [1.807, 2.05) is 48.5 Å². The number of piperidine rings is 3. The molecule has 8 heteroatoms. The lowest BCUT2D eigenvalue weighted by Gasteiger charge is -2.48. The second-order valence-electron chi connectivity index (χ2n) is 9.30. The Balaban J connectivity index is 1.20. The Morgan fingerprint density at radius 2 is 1.74 bits per heavy atom. The van der Waals surface area contributed by atoms with Crippen LogP contribution in [0.4, 0.5) is 33.2 Å². The maximum absolute atomic E-state index is 14.4. The Morgan fingerprint density at radius 1 is 1.00 bits per heavy atom. The van der Waals surface area contributed by atoms with Gasteiger partial charge < -0.3 is 25.6 Å². The molecule has 0 unspecified atom stereocenters. The van der Waals surface area contributed by atoms with E-state index in [0.29, 0.717) is 23.6 Å². The smallest absolute Gasteiger partial charge is 0.229 e. The SMILES string of the molecule is C=CCNc1cccc(Nc2nc(Nc3ccc(OCC45CCN(CC4)CC5)cc3)ncc2F)c1. The minimum Gasteiger partial charge on any atom is -0.493 e. The van der Waals surface area contributed by atoms with Gasteiger partial charge in [-0.1, -0.05) is 12.1 Å². The topological polar surface area (TPSA) is 74.3 Å². The van der Waals surface area contributed by atoms with Crippen molar-refractivity contribution in [3.63, 3.8) is 0 Å². The summed E-state index contributed by atoms with van der Waals surface area (Å²) in [5, 5.41) is 9.38. The molecule has 0 atom stereocenters. The summed E-state index contributed by atoms with van der Waals surface area (Å²) in [6, 6.07) is 15.3. The van der Waals surface area contributed by atoms with Crippen molar-refractivity contribution in [3.05, 3.63) is 73.2 Å². The van der Waals surface area contributed by atoms with E-state index in [1.54, 1.807) is 6.08 Å². The second-order valence-corrected chi connectivity index (χ2v) is 9.30. The van der Waals surface area contributed by atoms with E-state index >= 15 is 0 Å². The zero-order valence-electron chi connectivity index (χ0n) is 19.8. The highest BCUT2D eigenvalue weighted by atomic mass is 19.1. The Morgan fingerprint density at radius 3 is 2.49 bits per heavy atom. The molecule has 0 spiro atoms.